The predicted octanol–water partition coefficient (Wildman–Crippen LogP) is 4.45. The fourth-order valence-corrected chi connectivity index (χ4v) is 14.0. The van der Waals surface area contributed by atoms with Gasteiger partial charge in [0.25, 0.3) is 0 Å². The van der Waals surface area contributed by atoms with Crippen molar-refractivity contribution in [1.82, 2.24) is 14.4 Å². The predicted molar refractivity (Wildman–Crippen MR) is 113 cm³/mol. The molecule has 0 amide bonds. The van der Waals surface area contributed by atoms with Crippen molar-refractivity contribution in [3.63, 3.8) is 0 Å². The summed E-state index contributed by atoms with van der Waals surface area (Å²) in [6.07, 6.45) is 2.72. The van der Waals surface area contributed by atoms with Crippen molar-refractivity contribution >= 4 is 16.5 Å². The molecule has 0 unspecified atom stereocenters. The van der Waals surface area contributed by atoms with E-state index in [9.17, 15) is 0 Å². The third-order valence-corrected chi connectivity index (χ3v) is 13.6. The molecule has 0 aromatic carbocycles. The van der Waals surface area contributed by atoms with Crippen LogP contribution in [0.25, 0.3) is 0 Å². The van der Waals surface area contributed by atoms with Gasteiger partial charge in [0.1, 0.15) is 16.5 Å². The largest absolute Gasteiger partial charge is 0.359 e. The third kappa shape index (κ3) is 11.5. The number of nitrogens with zero attached hydrogens (tertiary/aromatic N) is 2. The van der Waals surface area contributed by atoms with Gasteiger partial charge in [0.2, 0.25) is 0 Å². The molecule has 0 bridgehead atoms. The van der Waals surface area contributed by atoms with Gasteiger partial charge < -0.3 is 14.4 Å². The van der Waals surface area contributed by atoms with Crippen LogP contribution in [0.1, 0.15) is 40.5 Å². The Kier molecular flexibility index (Phi) is 12.0. The molecule has 0 heterocycles. The summed E-state index contributed by atoms with van der Waals surface area (Å²) >= 11 is 0. The van der Waals surface area contributed by atoms with Crippen LogP contribution in [-0.4, -0.2) is 65.5 Å². The molecule has 0 fully saturated rings. The van der Waals surface area contributed by atoms with Gasteiger partial charge in [-0.05, 0) is 64.2 Å². The van der Waals surface area contributed by atoms with E-state index in [1.54, 1.807) is 0 Å². The first-order chi connectivity index (χ1) is 10.7. The summed E-state index contributed by atoms with van der Waals surface area (Å²) in [4.78, 5) is 5.11. The van der Waals surface area contributed by atoms with Crippen LogP contribution in [0.2, 0.25) is 38.3 Å². The molecule has 0 aliphatic rings. The Hall–Kier alpha value is 0.314. The molecule has 0 atom stereocenters. The van der Waals surface area contributed by atoms with Gasteiger partial charge in [0.05, 0.1) is 0 Å². The average molecular weight is 360 g/mol. The van der Waals surface area contributed by atoms with E-state index in [1.807, 2.05) is 0 Å². The monoisotopic (exact) mass is 359 g/mol. The highest BCUT2D eigenvalue weighted by atomic mass is 28.4. The second-order valence-corrected chi connectivity index (χ2v) is 17.7. The van der Waals surface area contributed by atoms with Crippen LogP contribution in [0.3, 0.4) is 0 Å². The van der Waals surface area contributed by atoms with Crippen molar-refractivity contribution in [3.05, 3.63) is 0 Å². The van der Waals surface area contributed by atoms with Crippen LogP contribution in [0.4, 0.5) is 0 Å². The molecule has 3 nitrogen and oxygen atoms in total. The van der Waals surface area contributed by atoms with E-state index < -0.39 is 16.5 Å². The lowest BCUT2D eigenvalue weighted by molar-refractivity contribution is 0.304. The van der Waals surface area contributed by atoms with Crippen molar-refractivity contribution < 1.29 is 0 Å². The van der Waals surface area contributed by atoms with Gasteiger partial charge in [-0.15, -0.1) is 0 Å². The van der Waals surface area contributed by atoms with Crippen LogP contribution in [0, 0.1) is 0 Å². The fourth-order valence-electron chi connectivity index (χ4n) is 3.61. The lowest BCUT2D eigenvalue weighted by Crippen LogP contribution is -2.59. The fraction of sp³-hybridized carbons (Fsp3) is 1.00. The number of nitrogens with one attached hydrogen (secondary N) is 1. The maximum absolute atomic E-state index is 4.19. The molecule has 0 rings (SSSR count). The van der Waals surface area contributed by atoms with Crippen molar-refractivity contribution in [1.29, 1.82) is 0 Å². The number of hydrogen-bond donors (Lipinski definition) is 1. The first-order valence-electron chi connectivity index (χ1n) is 9.93. The van der Waals surface area contributed by atoms with E-state index in [1.165, 1.54) is 64.2 Å². The summed E-state index contributed by atoms with van der Waals surface area (Å²) < 4.78 is 4.19. The summed E-state index contributed by atoms with van der Waals surface area (Å²) in [6.45, 7) is 26.6. The Bertz CT molecular complexity index is 260. The molecule has 5 heteroatoms. The smallest absolute Gasteiger partial charge is 0.112 e. The summed E-state index contributed by atoms with van der Waals surface area (Å²) in [5, 5.41) is 0. The topological polar surface area (TPSA) is 18.5 Å². The summed E-state index contributed by atoms with van der Waals surface area (Å²) in [5.41, 5.74) is 0. The molecule has 0 saturated heterocycles. The molecular weight excluding hydrogens is 314 g/mol. The maximum Gasteiger partial charge on any atom is 0.112 e. The lowest BCUT2D eigenvalue weighted by atomic mass is 10.4. The van der Waals surface area contributed by atoms with E-state index in [4.69, 9.17) is 0 Å². The van der Waals surface area contributed by atoms with E-state index in [2.05, 4.69) is 68.3 Å². The van der Waals surface area contributed by atoms with Crippen LogP contribution in [0.5, 0.6) is 0 Å². The van der Waals surface area contributed by atoms with Crippen molar-refractivity contribution in [2.24, 2.45) is 0 Å². The summed E-state index contributed by atoms with van der Waals surface area (Å²) in [7, 11) is -2.51. The Morgan fingerprint density at radius 3 is 1.17 bits per heavy atom. The number of rotatable bonds is 14. The van der Waals surface area contributed by atoms with Crippen LogP contribution in [0.15, 0.2) is 0 Å². The minimum Gasteiger partial charge on any atom is -0.359 e. The first kappa shape index (κ1) is 23.3. The van der Waals surface area contributed by atoms with E-state index >= 15 is 0 Å². The normalized spacial score (nSPS) is 13.3. The lowest BCUT2D eigenvalue weighted by Gasteiger charge is -2.35. The summed E-state index contributed by atoms with van der Waals surface area (Å²) in [5.74, 6) is 0. The highest BCUT2D eigenvalue weighted by molar-refractivity contribution is 6.91. The van der Waals surface area contributed by atoms with Crippen LogP contribution in [-0.2, 0) is 0 Å². The van der Waals surface area contributed by atoms with Gasteiger partial charge >= 0.3 is 0 Å². The third-order valence-electron chi connectivity index (χ3n) is 5.02. The molecule has 140 valence electrons. The Morgan fingerprint density at radius 2 is 0.913 bits per heavy atom. The van der Waals surface area contributed by atoms with Crippen molar-refractivity contribution in [3.8, 4) is 0 Å². The summed E-state index contributed by atoms with van der Waals surface area (Å²) in [6, 6.07) is 2.83. The quantitative estimate of drug-likeness (QED) is 0.462. The number of hydrogen-bond acceptors (Lipinski definition) is 3. The molecule has 0 radical (unpaired) electrons. The minimum absolute atomic E-state index is 1.19. The van der Waals surface area contributed by atoms with E-state index in [0.29, 0.717) is 0 Å². The van der Waals surface area contributed by atoms with E-state index in [0.717, 1.165) is 0 Å². The zero-order valence-electron chi connectivity index (χ0n) is 17.5. The van der Waals surface area contributed by atoms with E-state index in [-0.39, 0.29) is 0 Å². The SMILES string of the molecule is CCN(CC)CCC[Si](C)(C)N[Si](C)(C)CCCN(CC)CC. The molecular formula is C18H45N3Si2. The molecule has 0 aliphatic carbocycles. The van der Waals surface area contributed by atoms with Gasteiger partial charge in [-0.3, -0.25) is 0 Å². The molecule has 0 aromatic rings. The van der Waals surface area contributed by atoms with Gasteiger partial charge in [-0.1, -0.05) is 53.9 Å². The molecule has 0 saturated carbocycles. The highest BCUT2D eigenvalue weighted by Gasteiger charge is 2.30. The Morgan fingerprint density at radius 1 is 0.609 bits per heavy atom. The highest BCUT2D eigenvalue weighted by Crippen LogP contribution is 2.17. The molecule has 0 aromatic heterocycles. The standard InChI is InChI=1S/C18H45N3Si2/c1-9-20(10-2)15-13-17-22(5,6)19-23(7,8)18-14-16-21(11-3)12-4/h19H,9-18H2,1-8H3. The van der Waals surface area contributed by atoms with Gasteiger partial charge in [0, 0.05) is 0 Å². The van der Waals surface area contributed by atoms with Crippen molar-refractivity contribution in [2.75, 3.05) is 39.3 Å². The van der Waals surface area contributed by atoms with Crippen LogP contribution < -0.4 is 4.65 Å². The molecule has 0 aliphatic heterocycles. The molecule has 0 spiro atoms. The molecule has 1 N–H and O–H groups in total. The van der Waals surface area contributed by atoms with Crippen molar-refractivity contribution in [2.45, 2.75) is 78.8 Å². The second kappa shape index (κ2) is 11.8. The molecule has 23 heavy (non-hydrogen) atoms. The van der Waals surface area contributed by atoms with Gasteiger partial charge in [0.15, 0.2) is 0 Å². The van der Waals surface area contributed by atoms with Gasteiger partial charge in [-0.25, -0.2) is 0 Å². The Labute approximate surface area is 149 Å². The van der Waals surface area contributed by atoms with Crippen LogP contribution >= 0.6 is 0 Å². The zero-order valence-corrected chi connectivity index (χ0v) is 19.5. The van der Waals surface area contributed by atoms with Gasteiger partial charge in [-0.2, -0.15) is 0 Å². The average Bonchev–Trinajstić information content (AvgIpc) is 2.47. The maximum atomic E-state index is 4.19. The minimum atomic E-state index is -1.25. The first-order valence-corrected chi connectivity index (χ1v) is 16.3. The zero-order chi connectivity index (χ0) is 17.9. The Balaban J connectivity index is 4.18. The second-order valence-electron chi connectivity index (χ2n) is 8.15.